The van der Waals surface area contributed by atoms with Gasteiger partial charge in [0.15, 0.2) is 0 Å². The second kappa shape index (κ2) is 5.71. The largest absolute Gasteiger partial charge is 0.464 e. The third-order valence-electron chi connectivity index (χ3n) is 3.63. The van der Waals surface area contributed by atoms with Gasteiger partial charge < -0.3 is 9.31 Å². The van der Waals surface area contributed by atoms with Crippen LogP contribution in [0.2, 0.25) is 5.82 Å². The predicted molar refractivity (Wildman–Crippen MR) is 62.8 cm³/mol. The van der Waals surface area contributed by atoms with Crippen LogP contribution in [0.1, 0.15) is 38.5 Å². The van der Waals surface area contributed by atoms with Crippen molar-refractivity contribution >= 4 is 7.12 Å². The van der Waals surface area contributed by atoms with Gasteiger partial charge in [-0.2, -0.15) is 0 Å². The summed E-state index contributed by atoms with van der Waals surface area (Å²) in [5.74, 6) is 1.14. The molecule has 15 heavy (non-hydrogen) atoms. The molecule has 1 heterocycles. The standard InChI is InChI=1S/C12H21BO2/c1-2-12(11-7-4-3-5-8-11)13-14-9-6-10-15-13/h2,11-12H,1,3-10H2. The van der Waals surface area contributed by atoms with Crippen LogP contribution in [0, 0.1) is 5.92 Å². The molecular formula is C12H21BO2. The third kappa shape index (κ3) is 2.85. The van der Waals surface area contributed by atoms with E-state index in [-0.39, 0.29) is 7.12 Å². The summed E-state index contributed by atoms with van der Waals surface area (Å²) < 4.78 is 11.4. The Kier molecular flexibility index (Phi) is 4.27. The van der Waals surface area contributed by atoms with E-state index in [1.807, 2.05) is 6.08 Å². The first-order valence-electron chi connectivity index (χ1n) is 6.27. The van der Waals surface area contributed by atoms with Crippen molar-refractivity contribution in [3.05, 3.63) is 12.7 Å². The molecule has 0 bridgehead atoms. The van der Waals surface area contributed by atoms with E-state index in [2.05, 4.69) is 6.58 Å². The SMILES string of the molecule is C=CC(B1OCCCO1)C1CCCCC1. The molecule has 2 nitrogen and oxygen atoms in total. The molecule has 2 fully saturated rings. The minimum absolute atomic E-state index is 0.0145. The zero-order valence-corrected chi connectivity index (χ0v) is 9.49. The van der Waals surface area contributed by atoms with Gasteiger partial charge in [-0.05, 0) is 12.3 Å². The highest BCUT2D eigenvalue weighted by Gasteiger charge is 2.36. The van der Waals surface area contributed by atoms with E-state index in [1.165, 1.54) is 32.1 Å². The minimum atomic E-state index is -0.0145. The monoisotopic (exact) mass is 208 g/mol. The molecule has 0 radical (unpaired) electrons. The van der Waals surface area contributed by atoms with Gasteiger partial charge >= 0.3 is 7.12 Å². The number of rotatable bonds is 3. The van der Waals surface area contributed by atoms with E-state index in [9.17, 15) is 0 Å². The average molecular weight is 208 g/mol. The zero-order valence-electron chi connectivity index (χ0n) is 9.49. The zero-order chi connectivity index (χ0) is 10.5. The topological polar surface area (TPSA) is 18.5 Å². The molecule has 2 aliphatic rings. The van der Waals surface area contributed by atoms with Crippen LogP contribution in [0.15, 0.2) is 12.7 Å². The maximum Gasteiger partial charge on any atom is 0.464 e. The third-order valence-corrected chi connectivity index (χ3v) is 3.63. The highest BCUT2D eigenvalue weighted by Crippen LogP contribution is 2.36. The van der Waals surface area contributed by atoms with Crippen molar-refractivity contribution in [1.82, 2.24) is 0 Å². The first-order chi connectivity index (χ1) is 7.42. The van der Waals surface area contributed by atoms with Gasteiger partial charge in [0.25, 0.3) is 0 Å². The van der Waals surface area contributed by atoms with Gasteiger partial charge in [0.2, 0.25) is 0 Å². The number of hydrogen-bond acceptors (Lipinski definition) is 2. The fourth-order valence-corrected chi connectivity index (χ4v) is 2.77. The van der Waals surface area contributed by atoms with Crippen LogP contribution in [-0.4, -0.2) is 20.3 Å². The molecular weight excluding hydrogens is 187 g/mol. The van der Waals surface area contributed by atoms with E-state index in [0.717, 1.165) is 25.6 Å². The summed E-state index contributed by atoms with van der Waals surface area (Å²) in [5.41, 5.74) is 0. The molecule has 0 aromatic rings. The molecule has 1 saturated heterocycles. The Balaban J connectivity index is 1.91. The quantitative estimate of drug-likeness (QED) is 0.524. The lowest BCUT2D eigenvalue weighted by atomic mass is 9.61. The van der Waals surface area contributed by atoms with Crippen molar-refractivity contribution in [3.63, 3.8) is 0 Å². The first-order valence-corrected chi connectivity index (χ1v) is 6.27. The lowest BCUT2D eigenvalue weighted by Gasteiger charge is -2.32. The summed E-state index contributed by atoms with van der Waals surface area (Å²) >= 11 is 0. The minimum Gasteiger partial charge on any atom is -0.411 e. The summed E-state index contributed by atoms with van der Waals surface area (Å²) in [5, 5.41) is 0. The average Bonchev–Trinajstić information content (AvgIpc) is 2.33. The fraction of sp³-hybridized carbons (Fsp3) is 0.833. The van der Waals surface area contributed by atoms with Gasteiger partial charge in [0, 0.05) is 19.0 Å². The van der Waals surface area contributed by atoms with Crippen LogP contribution in [0.25, 0.3) is 0 Å². The van der Waals surface area contributed by atoms with Crippen molar-refractivity contribution in [2.75, 3.05) is 13.2 Å². The van der Waals surface area contributed by atoms with Gasteiger partial charge in [-0.25, -0.2) is 0 Å². The molecule has 1 unspecified atom stereocenters. The van der Waals surface area contributed by atoms with Gasteiger partial charge in [0.05, 0.1) is 0 Å². The molecule has 1 atom stereocenters. The Morgan fingerprint density at radius 3 is 2.33 bits per heavy atom. The predicted octanol–water partition coefficient (Wildman–Crippen LogP) is 3.05. The van der Waals surface area contributed by atoms with Crippen LogP contribution in [0.3, 0.4) is 0 Å². The Bertz CT molecular complexity index is 178. The van der Waals surface area contributed by atoms with E-state index < -0.39 is 0 Å². The van der Waals surface area contributed by atoms with Gasteiger partial charge in [-0.1, -0.05) is 38.2 Å². The summed E-state index contributed by atoms with van der Waals surface area (Å²) in [6.45, 7) is 5.65. The van der Waals surface area contributed by atoms with E-state index in [4.69, 9.17) is 9.31 Å². The van der Waals surface area contributed by atoms with Crippen LogP contribution < -0.4 is 0 Å². The molecule has 3 heteroatoms. The Morgan fingerprint density at radius 2 is 1.73 bits per heavy atom. The second-order valence-corrected chi connectivity index (χ2v) is 4.67. The molecule has 0 spiro atoms. The highest BCUT2D eigenvalue weighted by molar-refractivity contribution is 6.47. The summed E-state index contributed by atoms with van der Waals surface area (Å²) in [6.07, 6.45) is 9.84. The summed E-state index contributed by atoms with van der Waals surface area (Å²) in [4.78, 5) is 0. The lowest BCUT2D eigenvalue weighted by Crippen LogP contribution is -2.37. The molecule has 1 aliphatic carbocycles. The molecule has 1 aliphatic heterocycles. The molecule has 1 saturated carbocycles. The second-order valence-electron chi connectivity index (χ2n) is 4.67. The van der Waals surface area contributed by atoms with Crippen LogP contribution in [0.4, 0.5) is 0 Å². The molecule has 2 rings (SSSR count). The van der Waals surface area contributed by atoms with E-state index >= 15 is 0 Å². The van der Waals surface area contributed by atoms with Crippen molar-refractivity contribution in [1.29, 1.82) is 0 Å². The maximum atomic E-state index is 5.69. The maximum absolute atomic E-state index is 5.69. The number of allylic oxidation sites excluding steroid dienone is 1. The van der Waals surface area contributed by atoms with Crippen molar-refractivity contribution in [2.45, 2.75) is 44.3 Å². The Morgan fingerprint density at radius 1 is 1.07 bits per heavy atom. The number of hydrogen-bond donors (Lipinski definition) is 0. The highest BCUT2D eigenvalue weighted by atomic mass is 16.6. The smallest absolute Gasteiger partial charge is 0.411 e. The van der Waals surface area contributed by atoms with Crippen LogP contribution in [-0.2, 0) is 9.31 Å². The lowest BCUT2D eigenvalue weighted by molar-refractivity contribution is 0.122. The van der Waals surface area contributed by atoms with Gasteiger partial charge in [-0.15, -0.1) is 6.58 Å². The van der Waals surface area contributed by atoms with Crippen LogP contribution in [0.5, 0.6) is 0 Å². The summed E-state index contributed by atoms with van der Waals surface area (Å²) in [6, 6.07) is 0. The van der Waals surface area contributed by atoms with Gasteiger partial charge in [-0.3, -0.25) is 0 Å². The van der Waals surface area contributed by atoms with Gasteiger partial charge in [0.1, 0.15) is 0 Å². The molecule has 84 valence electrons. The summed E-state index contributed by atoms with van der Waals surface area (Å²) in [7, 11) is -0.0145. The molecule has 0 aromatic heterocycles. The Labute approximate surface area is 93.2 Å². The molecule has 0 amide bonds. The molecule has 0 aromatic carbocycles. The van der Waals surface area contributed by atoms with Crippen molar-refractivity contribution in [2.24, 2.45) is 5.92 Å². The normalized spacial score (nSPS) is 26.3. The van der Waals surface area contributed by atoms with E-state index in [0.29, 0.717) is 5.82 Å². The van der Waals surface area contributed by atoms with Crippen molar-refractivity contribution in [3.8, 4) is 0 Å². The van der Waals surface area contributed by atoms with Crippen molar-refractivity contribution < 1.29 is 9.31 Å². The first kappa shape index (κ1) is 11.2. The molecule has 0 N–H and O–H groups in total. The Hall–Kier alpha value is -0.275. The van der Waals surface area contributed by atoms with E-state index in [1.54, 1.807) is 0 Å². The van der Waals surface area contributed by atoms with Crippen LogP contribution >= 0.6 is 0 Å². The fourth-order valence-electron chi connectivity index (χ4n) is 2.77.